The lowest BCUT2D eigenvalue weighted by Crippen LogP contribution is -2.07. The van der Waals surface area contributed by atoms with Gasteiger partial charge < -0.3 is 19.1 Å². The molecule has 0 fully saturated rings. The molecule has 1 aromatic carbocycles. The highest BCUT2D eigenvalue weighted by atomic mass is 19.3. The van der Waals surface area contributed by atoms with Crippen molar-refractivity contribution in [2.24, 2.45) is 0 Å². The summed E-state index contributed by atoms with van der Waals surface area (Å²) in [4.78, 5) is 4.07. The second-order valence-corrected chi connectivity index (χ2v) is 4.11. The standard InChI is InChI=1S/C13H14F2N2O4/c1-19-8-2-3-9(10(18)6-8)13-16-12(17-21-13)4-5-20-7-11(14)15/h2-3,6,11,18H,4-5,7H2,1H3. The van der Waals surface area contributed by atoms with Crippen LogP contribution in [0, 0.1) is 0 Å². The summed E-state index contributed by atoms with van der Waals surface area (Å²) in [6.07, 6.45) is -2.25. The van der Waals surface area contributed by atoms with Crippen LogP contribution in [0.5, 0.6) is 11.5 Å². The van der Waals surface area contributed by atoms with Crippen molar-refractivity contribution in [1.82, 2.24) is 10.1 Å². The Labute approximate surface area is 119 Å². The van der Waals surface area contributed by atoms with Crippen molar-refractivity contribution in [2.75, 3.05) is 20.3 Å². The van der Waals surface area contributed by atoms with Gasteiger partial charge in [-0.2, -0.15) is 4.98 Å². The summed E-state index contributed by atoms with van der Waals surface area (Å²) >= 11 is 0. The van der Waals surface area contributed by atoms with Gasteiger partial charge in [0.25, 0.3) is 12.3 Å². The minimum Gasteiger partial charge on any atom is -0.507 e. The molecule has 0 aliphatic heterocycles. The Balaban J connectivity index is 1.99. The molecule has 2 aromatic rings. The predicted molar refractivity (Wildman–Crippen MR) is 68.5 cm³/mol. The first-order valence-corrected chi connectivity index (χ1v) is 6.16. The Morgan fingerprint density at radius 3 is 2.86 bits per heavy atom. The monoisotopic (exact) mass is 300 g/mol. The van der Waals surface area contributed by atoms with Crippen LogP contribution >= 0.6 is 0 Å². The van der Waals surface area contributed by atoms with Crippen molar-refractivity contribution in [3.8, 4) is 23.0 Å². The van der Waals surface area contributed by atoms with Gasteiger partial charge in [-0.15, -0.1) is 0 Å². The number of alkyl halides is 2. The first kappa shape index (κ1) is 15.2. The lowest BCUT2D eigenvalue weighted by molar-refractivity contribution is 0.0182. The van der Waals surface area contributed by atoms with Crippen LogP contribution in [-0.4, -0.2) is 42.0 Å². The highest BCUT2D eigenvalue weighted by Gasteiger charge is 2.13. The zero-order valence-electron chi connectivity index (χ0n) is 11.3. The molecule has 2 rings (SSSR count). The second kappa shape index (κ2) is 6.98. The number of halogens is 2. The third kappa shape index (κ3) is 4.12. The summed E-state index contributed by atoms with van der Waals surface area (Å²) in [5, 5.41) is 13.5. The summed E-state index contributed by atoms with van der Waals surface area (Å²) in [6, 6.07) is 4.65. The Hall–Kier alpha value is -2.22. The number of benzene rings is 1. The van der Waals surface area contributed by atoms with Gasteiger partial charge in [0.15, 0.2) is 5.82 Å². The van der Waals surface area contributed by atoms with Gasteiger partial charge >= 0.3 is 0 Å². The number of hydrogen-bond donors (Lipinski definition) is 1. The molecule has 0 saturated carbocycles. The van der Waals surface area contributed by atoms with Crippen molar-refractivity contribution < 1.29 is 27.9 Å². The maximum atomic E-state index is 11.9. The highest BCUT2D eigenvalue weighted by Crippen LogP contribution is 2.31. The van der Waals surface area contributed by atoms with E-state index in [1.165, 1.54) is 13.2 Å². The molecule has 0 amide bonds. The maximum absolute atomic E-state index is 11.9. The molecule has 0 radical (unpaired) electrons. The van der Waals surface area contributed by atoms with Gasteiger partial charge in [0.05, 0.1) is 19.3 Å². The lowest BCUT2D eigenvalue weighted by Gasteiger charge is -2.02. The molecule has 0 bridgehead atoms. The van der Waals surface area contributed by atoms with E-state index < -0.39 is 13.0 Å². The number of aromatic nitrogens is 2. The number of hydrogen-bond acceptors (Lipinski definition) is 6. The van der Waals surface area contributed by atoms with Crippen molar-refractivity contribution in [2.45, 2.75) is 12.8 Å². The molecule has 1 heterocycles. The number of methoxy groups -OCH3 is 1. The van der Waals surface area contributed by atoms with E-state index in [-0.39, 0.29) is 24.7 Å². The molecule has 0 aliphatic rings. The first-order valence-electron chi connectivity index (χ1n) is 6.16. The minimum atomic E-state index is -2.50. The van der Waals surface area contributed by atoms with Gasteiger partial charge in [-0.3, -0.25) is 0 Å². The Morgan fingerprint density at radius 1 is 1.38 bits per heavy atom. The van der Waals surface area contributed by atoms with E-state index in [9.17, 15) is 13.9 Å². The summed E-state index contributed by atoms with van der Waals surface area (Å²) in [6.45, 7) is -0.554. The first-order chi connectivity index (χ1) is 10.1. The van der Waals surface area contributed by atoms with Crippen LogP contribution in [0.1, 0.15) is 5.82 Å². The van der Waals surface area contributed by atoms with E-state index in [2.05, 4.69) is 10.1 Å². The molecule has 0 unspecified atom stereocenters. The highest BCUT2D eigenvalue weighted by molar-refractivity contribution is 5.63. The van der Waals surface area contributed by atoms with E-state index in [0.717, 1.165) is 0 Å². The second-order valence-electron chi connectivity index (χ2n) is 4.11. The average molecular weight is 300 g/mol. The van der Waals surface area contributed by atoms with Crippen molar-refractivity contribution >= 4 is 0 Å². The zero-order valence-corrected chi connectivity index (χ0v) is 11.3. The average Bonchev–Trinajstić information content (AvgIpc) is 2.91. The van der Waals surface area contributed by atoms with Crippen LogP contribution in [0.25, 0.3) is 11.5 Å². The molecule has 0 aliphatic carbocycles. The molecule has 1 aromatic heterocycles. The molecule has 0 spiro atoms. The normalized spacial score (nSPS) is 11.0. The van der Waals surface area contributed by atoms with Crippen LogP contribution in [0.15, 0.2) is 22.7 Å². The number of nitrogens with zero attached hydrogens (tertiary/aromatic N) is 2. The Kier molecular flexibility index (Phi) is 5.04. The Bertz CT molecular complexity index is 589. The van der Waals surface area contributed by atoms with Gasteiger partial charge in [0.2, 0.25) is 0 Å². The van der Waals surface area contributed by atoms with E-state index in [0.29, 0.717) is 17.1 Å². The van der Waals surface area contributed by atoms with Crippen molar-refractivity contribution in [3.63, 3.8) is 0 Å². The predicted octanol–water partition coefficient (Wildman–Crippen LogP) is 2.28. The van der Waals surface area contributed by atoms with Gasteiger partial charge in [-0.25, -0.2) is 8.78 Å². The third-order valence-electron chi connectivity index (χ3n) is 2.62. The summed E-state index contributed by atoms with van der Waals surface area (Å²) in [5.74, 6) is 0.892. The fourth-order valence-electron chi connectivity index (χ4n) is 1.62. The van der Waals surface area contributed by atoms with Gasteiger partial charge in [-0.1, -0.05) is 5.16 Å². The van der Waals surface area contributed by atoms with Crippen molar-refractivity contribution in [3.05, 3.63) is 24.0 Å². The van der Waals surface area contributed by atoms with Crippen LogP contribution in [0.2, 0.25) is 0 Å². The van der Waals surface area contributed by atoms with Gasteiger partial charge in [0, 0.05) is 12.5 Å². The molecule has 0 saturated heterocycles. The molecule has 1 N–H and O–H groups in total. The number of rotatable bonds is 7. The molecule has 6 nitrogen and oxygen atoms in total. The van der Waals surface area contributed by atoms with Gasteiger partial charge in [-0.05, 0) is 12.1 Å². The Morgan fingerprint density at radius 2 is 2.19 bits per heavy atom. The maximum Gasteiger partial charge on any atom is 0.261 e. The van der Waals surface area contributed by atoms with E-state index in [4.69, 9.17) is 14.0 Å². The molecule has 0 atom stereocenters. The van der Waals surface area contributed by atoms with Crippen molar-refractivity contribution in [1.29, 1.82) is 0 Å². The largest absolute Gasteiger partial charge is 0.507 e. The number of phenols is 1. The number of phenolic OH excluding ortho intramolecular Hbond substituents is 1. The molecular weight excluding hydrogens is 286 g/mol. The van der Waals surface area contributed by atoms with Crippen LogP contribution in [0.4, 0.5) is 8.78 Å². The topological polar surface area (TPSA) is 77.6 Å². The quantitative estimate of drug-likeness (QED) is 0.790. The summed E-state index contributed by atoms with van der Waals surface area (Å²) < 4.78 is 38.5. The van der Waals surface area contributed by atoms with Crippen LogP contribution < -0.4 is 4.74 Å². The van der Waals surface area contributed by atoms with E-state index in [1.54, 1.807) is 12.1 Å². The van der Waals surface area contributed by atoms with Crippen LogP contribution in [0.3, 0.4) is 0 Å². The summed E-state index contributed by atoms with van der Waals surface area (Å²) in [5.41, 5.74) is 0.364. The van der Waals surface area contributed by atoms with E-state index in [1.807, 2.05) is 0 Å². The SMILES string of the molecule is COc1ccc(-c2nc(CCOCC(F)F)no2)c(O)c1. The fraction of sp³-hybridized carbons (Fsp3) is 0.385. The lowest BCUT2D eigenvalue weighted by atomic mass is 10.2. The fourth-order valence-corrected chi connectivity index (χ4v) is 1.62. The smallest absolute Gasteiger partial charge is 0.261 e. The minimum absolute atomic E-state index is 0.0569. The van der Waals surface area contributed by atoms with E-state index >= 15 is 0 Å². The third-order valence-corrected chi connectivity index (χ3v) is 2.62. The molecule has 114 valence electrons. The summed E-state index contributed by atoms with van der Waals surface area (Å²) in [7, 11) is 1.48. The van der Waals surface area contributed by atoms with Gasteiger partial charge in [0.1, 0.15) is 18.1 Å². The number of ether oxygens (including phenoxy) is 2. The molecular formula is C13H14F2N2O4. The zero-order chi connectivity index (χ0) is 15.2. The molecule has 8 heteroatoms. The van der Waals surface area contributed by atoms with Crippen LogP contribution in [-0.2, 0) is 11.2 Å². The number of aromatic hydroxyl groups is 1. The molecule has 21 heavy (non-hydrogen) atoms.